The molecule has 3 nitrogen and oxygen atoms in total. The highest BCUT2D eigenvalue weighted by molar-refractivity contribution is 5.80. The fraction of sp³-hybridized carbons (Fsp3) is 0.471. The highest BCUT2D eigenvalue weighted by atomic mass is 15.2. The van der Waals surface area contributed by atoms with Gasteiger partial charge in [0, 0.05) is 25.0 Å². The number of aromatic nitrogens is 1. The summed E-state index contributed by atoms with van der Waals surface area (Å²) in [7, 11) is 0. The molecule has 0 spiro atoms. The smallest absolute Gasteiger partial charge is 0.129 e. The van der Waals surface area contributed by atoms with E-state index in [1.165, 1.54) is 31.3 Å². The molecule has 0 aliphatic carbocycles. The van der Waals surface area contributed by atoms with Gasteiger partial charge >= 0.3 is 0 Å². The monoisotopic (exact) mass is 269 g/mol. The quantitative estimate of drug-likeness (QED) is 0.853. The van der Waals surface area contributed by atoms with E-state index >= 15 is 0 Å². The molecule has 0 bridgehead atoms. The van der Waals surface area contributed by atoms with Crippen LogP contribution in [-0.2, 0) is 0 Å². The van der Waals surface area contributed by atoms with Crippen molar-refractivity contribution in [1.82, 2.24) is 9.88 Å². The van der Waals surface area contributed by atoms with Crippen LogP contribution in [0.1, 0.15) is 19.8 Å². The number of pyridine rings is 1. The summed E-state index contributed by atoms with van der Waals surface area (Å²) in [6, 6.07) is 12.7. The van der Waals surface area contributed by atoms with E-state index in [1.54, 1.807) is 0 Å². The van der Waals surface area contributed by atoms with Crippen LogP contribution in [0.2, 0.25) is 0 Å². The van der Waals surface area contributed by atoms with Crippen LogP contribution in [0, 0.1) is 0 Å². The second-order valence-corrected chi connectivity index (χ2v) is 5.54. The predicted octanol–water partition coefficient (Wildman–Crippen LogP) is 3.16. The summed E-state index contributed by atoms with van der Waals surface area (Å²) >= 11 is 0. The minimum Gasteiger partial charge on any atom is -0.355 e. The van der Waals surface area contributed by atoms with Crippen LogP contribution in [0.3, 0.4) is 0 Å². The van der Waals surface area contributed by atoms with Gasteiger partial charge in [0.05, 0.1) is 5.52 Å². The zero-order chi connectivity index (χ0) is 13.8. The number of benzene rings is 1. The molecule has 0 amide bonds. The van der Waals surface area contributed by atoms with E-state index in [1.807, 2.05) is 0 Å². The van der Waals surface area contributed by atoms with E-state index in [-0.39, 0.29) is 0 Å². The Bertz CT molecular complexity index is 567. The fourth-order valence-electron chi connectivity index (χ4n) is 2.97. The van der Waals surface area contributed by atoms with Crippen LogP contribution >= 0.6 is 0 Å². The zero-order valence-corrected chi connectivity index (χ0v) is 12.3. The molecule has 0 N–H and O–H groups in total. The molecule has 3 heteroatoms. The first-order valence-electron chi connectivity index (χ1n) is 7.70. The van der Waals surface area contributed by atoms with Crippen LogP contribution in [0.5, 0.6) is 0 Å². The lowest BCUT2D eigenvalue weighted by Crippen LogP contribution is -2.31. The van der Waals surface area contributed by atoms with Crippen molar-refractivity contribution in [2.75, 3.05) is 37.6 Å². The Kier molecular flexibility index (Phi) is 4.16. The number of fused-ring (bicyclic) bond motifs is 1. The Hall–Kier alpha value is -1.61. The molecule has 1 aliphatic rings. The lowest BCUT2D eigenvalue weighted by molar-refractivity contribution is 0.294. The maximum atomic E-state index is 4.82. The lowest BCUT2D eigenvalue weighted by Gasteiger charge is -2.22. The molecule has 2 aromatic rings. The van der Waals surface area contributed by atoms with E-state index in [0.29, 0.717) is 0 Å². The van der Waals surface area contributed by atoms with Crippen molar-refractivity contribution in [2.45, 2.75) is 19.8 Å². The minimum absolute atomic E-state index is 1.09. The van der Waals surface area contributed by atoms with Gasteiger partial charge in [-0.15, -0.1) is 0 Å². The minimum atomic E-state index is 1.09. The summed E-state index contributed by atoms with van der Waals surface area (Å²) in [4.78, 5) is 9.82. The van der Waals surface area contributed by atoms with Crippen molar-refractivity contribution < 1.29 is 0 Å². The van der Waals surface area contributed by atoms with Gasteiger partial charge in [-0.3, -0.25) is 0 Å². The maximum Gasteiger partial charge on any atom is 0.129 e. The Morgan fingerprint density at radius 1 is 1.00 bits per heavy atom. The summed E-state index contributed by atoms with van der Waals surface area (Å²) < 4.78 is 0. The van der Waals surface area contributed by atoms with E-state index in [9.17, 15) is 0 Å². The van der Waals surface area contributed by atoms with Gasteiger partial charge in [0.2, 0.25) is 0 Å². The topological polar surface area (TPSA) is 19.4 Å². The molecular weight excluding hydrogens is 246 g/mol. The van der Waals surface area contributed by atoms with Gasteiger partial charge in [-0.1, -0.05) is 25.1 Å². The SMILES string of the molecule is CCCN1CCCN(c2ccc3ccccc3n2)CC1. The molecular formula is C17H23N3. The number of para-hydroxylation sites is 1. The second kappa shape index (κ2) is 6.23. The number of rotatable bonds is 3. The summed E-state index contributed by atoms with van der Waals surface area (Å²) in [5, 5.41) is 1.22. The largest absolute Gasteiger partial charge is 0.355 e. The molecule has 106 valence electrons. The van der Waals surface area contributed by atoms with E-state index in [2.05, 4.69) is 53.1 Å². The number of hydrogen-bond donors (Lipinski definition) is 0. The molecule has 0 unspecified atom stereocenters. The van der Waals surface area contributed by atoms with Crippen LogP contribution in [0.15, 0.2) is 36.4 Å². The third-order valence-corrected chi connectivity index (χ3v) is 4.04. The van der Waals surface area contributed by atoms with Crippen molar-refractivity contribution >= 4 is 16.7 Å². The summed E-state index contributed by atoms with van der Waals surface area (Å²) in [6.45, 7) is 8.06. The Labute approximate surface area is 121 Å². The third kappa shape index (κ3) is 2.93. The second-order valence-electron chi connectivity index (χ2n) is 5.54. The average Bonchev–Trinajstić information content (AvgIpc) is 2.73. The van der Waals surface area contributed by atoms with Crippen molar-refractivity contribution in [3.05, 3.63) is 36.4 Å². The van der Waals surface area contributed by atoms with Gasteiger partial charge in [-0.2, -0.15) is 0 Å². The molecule has 2 heterocycles. The fourth-order valence-corrected chi connectivity index (χ4v) is 2.97. The van der Waals surface area contributed by atoms with E-state index < -0.39 is 0 Å². The van der Waals surface area contributed by atoms with Gasteiger partial charge in [-0.25, -0.2) is 4.98 Å². The van der Waals surface area contributed by atoms with Crippen molar-refractivity contribution in [2.24, 2.45) is 0 Å². The molecule has 1 aromatic heterocycles. The predicted molar refractivity (Wildman–Crippen MR) is 85.3 cm³/mol. The third-order valence-electron chi connectivity index (χ3n) is 4.04. The van der Waals surface area contributed by atoms with Crippen molar-refractivity contribution in [3.63, 3.8) is 0 Å². The Morgan fingerprint density at radius 3 is 2.80 bits per heavy atom. The first-order valence-corrected chi connectivity index (χ1v) is 7.70. The highest BCUT2D eigenvalue weighted by Gasteiger charge is 2.15. The molecule has 20 heavy (non-hydrogen) atoms. The highest BCUT2D eigenvalue weighted by Crippen LogP contribution is 2.19. The number of anilines is 1. The average molecular weight is 269 g/mol. The first kappa shape index (κ1) is 13.4. The van der Waals surface area contributed by atoms with Gasteiger partial charge in [0.25, 0.3) is 0 Å². The number of hydrogen-bond acceptors (Lipinski definition) is 3. The van der Waals surface area contributed by atoms with Crippen LogP contribution in [-0.4, -0.2) is 42.6 Å². The molecule has 0 radical (unpaired) electrons. The molecule has 0 saturated carbocycles. The van der Waals surface area contributed by atoms with Crippen LogP contribution in [0.4, 0.5) is 5.82 Å². The standard InChI is InChI=1S/C17H23N3/c1-2-10-19-11-5-12-20(14-13-19)17-9-8-15-6-3-4-7-16(15)18-17/h3-4,6-9H,2,5,10-14H2,1H3. The summed E-state index contributed by atoms with van der Waals surface area (Å²) in [5.41, 5.74) is 1.10. The number of nitrogens with zero attached hydrogens (tertiary/aromatic N) is 3. The van der Waals surface area contributed by atoms with Gasteiger partial charge in [0.1, 0.15) is 5.82 Å². The maximum absolute atomic E-state index is 4.82. The first-order chi connectivity index (χ1) is 9.86. The molecule has 1 aromatic carbocycles. The molecule has 3 rings (SSSR count). The summed E-state index contributed by atoms with van der Waals surface area (Å²) in [6.07, 6.45) is 2.47. The Morgan fingerprint density at radius 2 is 1.90 bits per heavy atom. The van der Waals surface area contributed by atoms with Gasteiger partial charge in [0.15, 0.2) is 0 Å². The van der Waals surface area contributed by atoms with Crippen LogP contribution < -0.4 is 4.90 Å². The molecule has 1 fully saturated rings. The molecule has 1 aliphatic heterocycles. The van der Waals surface area contributed by atoms with Crippen LogP contribution in [0.25, 0.3) is 10.9 Å². The lowest BCUT2D eigenvalue weighted by atomic mass is 10.2. The summed E-state index contributed by atoms with van der Waals surface area (Å²) in [5.74, 6) is 1.13. The molecule has 0 atom stereocenters. The normalized spacial score (nSPS) is 17.4. The molecule has 1 saturated heterocycles. The van der Waals surface area contributed by atoms with Crippen molar-refractivity contribution in [1.29, 1.82) is 0 Å². The zero-order valence-electron chi connectivity index (χ0n) is 12.3. The van der Waals surface area contributed by atoms with Gasteiger partial charge < -0.3 is 9.80 Å². The van der Waals surface area contributed by atoms with Gasteiger partial charge in [-0.05, 0) is 44.1 Å². The van der Waals surface area contributed by atoms with Crippen molar-refractivity contribution in [3.8, 4) is 0 Å². The van der Waals surface area contributed by atoms with E-state index in [0.717, 1.165) is 31.0 Å². The van der Waals surface area contributed by atoms with E-state index in [4.69, 9.17) is 4.98 Å². The Balaban J connectivity index is 1.77.